The molecule has 5 nitrogen and oxygen atoms in total. The van der Waals surface area contributed by atoms with E-state index in [1.54, 1.807) is 0 Å². The minimum Gasteiger partial charge on any atom is -0.399 e. The molecule has 0 amide bonds. The number of hydrogen-bond acceptors (Lipinski definition) is 5. The van der Waals surface area contributed by atoms with E-state index in [1.807, 2.05) is 0 Å². The molecule has 0 spiro atoms. The molecule has 62 valence electrons. The largest absolute Gasteiger partial charge is 0.399 e. The fourth-order valence-electron chi connectivity index (χ4n) is 0.254. The number of esters is 1. The van der Waals surface area contributed by atoms with Gasteiger partial charge >= 0.3 is 11.9 Å². The summed E-state index contributed by atoms with van der Waals surface area (Å²) in [5, 5.41) is 17.2. The van der Waals surface area contributed by atoms with Gasteiger partial charge in [-0.2, -0.15) is 0 Å². The molecule has 0 rings (SSSR count). The zero-order valence-electron chi connectivity index (χ0n) is 5.90. The minimum absolute atomic E-state index is 0.712. The molecule has 0 aromatic carbocycles. The van der Waals surface area contributed by atoms with Crippen molar-refractivity contribution in [3.8, 4) is 0 Å². The summed E-state index contributed by atoms with van der Waals surface area (Å²) in [6.07, 6.45) is 0.712. The lowest BCUT2D eigenvalue weighted by Gasteiger charge is -2.16. The van der Waals surface area contributed by atoms with E-state index in [-0.39, 0.29) is 0 Å². The molecule has 11 heavy (non-hydrogen) atoms. The summed E-state index contributed by atoms with van der Waals surface area (Å²) in [6, 6.07) is 0. The Morgan fingerprint density at radius 1 is 1.55 bits per heavy atom. The first-order valence-electron chi connectivity index (χ1n) is 2.71. The maximum Gasteiger partial charge on any atom is 0.388 e. The van der Waals surface area contributed by atoms with Gasteiger partial charge in [-0.1, -0.05) is 6.58 Å². The van der Waals surface area contributed by atoms with Crippen LogP contribution >= 0.6 is 0 Å². The summed E-state index contributed by atoms with van der Waals surface area (Å²) >= 11 is 0. The van der Waals surface area contributed by atoms with Crippen LogP contribution in [-0.2, 0) is 14.3 Å². The highest BCUT2D eigenvalue weighted by molar-refractivity contribution is 5.87. The van der Waals surface area contributed by atoms with Crippen molar-refractivity contribution in [1.82, 2.24) is 0 Å². The second kappa shape index (κ2) is 3.27. The van der Waals surface area contributed by atoms with Gasteiger partial charge in [0.15, 0.2) is 0 Å². The van der Waals surface area contributed by atoms with Crippen molar-refractivity contribution in [1.29, 1.82) is 0 Å². The first-order chi connectivity index (χ1) is 4.90. The molecule has 0 heterocycles. The maximum atomic E-state index is 10.3. The summed E-state index contributed by atoms with van der Waals surface area (Å²) in [4.78, 5) is 20.6. The van der Waals surface area contributed by atoms with Crippen molar-refractivity contribution in [2.75, 3.05) is 0 Å². The van der Waals surface area contributed by atoms with Crippen molar-refractivity contribution < 1.29 is 24.5 Å². The Balaban J connectivity index is 4.23. The Kier molecular flexibility index (Phi) is 2.91. The predicted molar refractivity (Wildman–Crippen MR) is 34.1 cm³/mol. The van der Waals surface area contributed by atoms with Crippen LogP contribution in [0.15, 0.2) is 12.7 Å². The summed E-state index contributed by atoms with van der Waals surface area (Å²) in [6.45, 7) is 3.87. The van der Waals surface area contributed by atoms with Crippen LogP contribution in [0.4, 0.5) is 0 Å². The van der Waals surface area contributed by atoms with Crippen molar-refractivity contribution in [2.24, 2.45) is 0 Å². The third kappa shape index (κ3) is 2.92. The molecule has 0 aromatic heterocycles. The van der Waals surface area contributed by atoms with Crippen LogP contribution in [-0.4, -0.2) is 27.9 Å². The Morgan fingerprint density at radius 3 is 2.27 bits per heavy atom. The minimum atomic E-state index is -3.04. The van der Waals surface area contributed by atoms with Crippen LogP contribution in [0.3, 0.4) is 0 Å². The van der Waals surface area contributed by atoms with Gasteiger partial charge in [0.1, 0.15) is 0 Å². The van der Waals surface area contributed by atoms with Gasteiger partial charge in [0, 0.05) is 13.0 Å². The van der Waals surface area contributed by atoms with Crippen molar-refractivity contribution in [3.63, 3.8) is 0 Å². The SMILES string of the molecule is C=CC(=O)OC(O)(O)C(C)=O. The Labute approximate surface area is 62.9 Å². The number of carbonyl (C=O) groups excluding carboxylic acids is 2. The number of aliphatic hydroxyl groups is 2. The molecule has 0 aliphatic carbocycles. The summed E-state index contributed by atoms with van der Waals surface area (Å²) in [7, 11) is 0. The van der Waals surface area contributed by atoms with E-state index in [0.29, 0.717) is 6.08 Å². The fourth-order valence-corrected chi connectivity index (χ4v) is 0.254. The predicted octanol–water partition coefficient (Wildman–Crippen LogP) is -1.06. The normalized spacial score (nSPS) is 10.5. The van der Waals surface area contributed by atoms with Crippen LogP contribution in [0.5, 0.6) is 0 Å². The molecule has 0 radical (unpaired) electrons. The summed E-state index contributed by atoms with van der Waals surface area (Å²) < 4.78 is 3.85. The van der Waals surface area contributed by atoms with E-state index < -0.39 is 17.7 Å². The van der Waals surface area contributed by atoms with E-state index in [2.05, 4.69) is 11.3 Å². The highest BCUT2D eigenvalue weighted by Crippen LogP contribution is 2.03. The van der Waals surface area contributed by atoms with Gasteiger partial charge in [-0.25, -0.2) is 4.79 Å². The van der Waals surface area contributed by atoms with E-state index in [4.69, 9.17) is 10.2 Å². The number of Topliss-reactive ketones (excluding diaryl/α,β-unsaturated/α-hetero) is 1. The van der Waals surface area contributed by atoms with Gasteiger partial charge in [-0.3, -0.25) is 4.79 Å². The van der Waals surface area contributed by atoms with E-state index in [1.165, 1.54) is 0 Å². The molecule has 0 saturated heterocycles. The van der Waals surface area contributed by atoms with Gasteiger partial charge in [0.25, 0.3) is 0 Å². The van der Waals surface area contributed by atoms with Gasteiger partial charge in [-0.05, 0) is 0 Å². The summed E-state index contributed by atoms with van der Waals surface area (Å²) in [5.74, 6) is -5.19. The third-order valence-corrected chi connectivity index (χ3v) is 0.868. The highest BCUT2D eigenvalue weighted by atomic mass is 16.8. The number of ketones is 1. The Morgan fingerprint density at radius 2 is 2.00 bits per heavy atom. The van der Waals surface area contributed by atoms with E-state index in [9.17, 15) is 9.59 Å². The molecule has 0 aromatic rings. The van der Waals surface area contributed by atoms with Crippen LogP contribution < -0.4 is 0 Å². The standard InChI is InChI=1S/C6H8O5/c1-3-5(8)11-6(9,10)4(2)7/h3,9-10H,1H2,2H3. The Hall–Kier alpha value is -1.20. The fraction of sp³-hybridized carbons (Fsp3) is 0.333. The first kappa shape index (κ1) is 9.80. The second-order valence-electron chi connectivity index (χ2n) is 1.79. The second-order valence-corrected chi connectivity index (χ2v) is 1.79. The van der Waals surface area contributed by atoms with E-state index in [0.717, 1.165) is 6.92 Å². The number of ether oxygens (including phenoxy) is 1. The molecule has 2 N–H and O–H groups in total. The van der Waals surface area contributed by atoms with Gasteiger partial charge in [-0.15, -0.1) is 0 Å². The van der Waals surface area contributed by atoms with Crippen molar-refractivity contribution in [2.45, 2.75) is 12.9 Å². The molecule has 0 aliphatic rings. The number of carbonyl (C=O) groups is 2. The lowest BCUT2D eigenvalue weighted by Crippen LogP contribution is -2.41. The lowest BCUT2D eigenvalue weighted by atomic mass is 10.4. The van der Waals surface area contributed by atoms with Crippen LogP contribution in [0, 0.1) is 0 Å². The van der Waals surface area contributed by atoms with Crippen LogP contribution in [0.2, 0.25) is 0 Å². The molecule has 0 unspecified atom stereocenters. The molecule has 5 heteroatoms. The number of rotatable bonds is 3. The molecule has 0 bridgehead atoms. The third-order valence-electron chi connectivity index (χ3n) is 0.868. The smallest absolute Gasteiger partial charge is 0.388 e. The molecule has 0 atom stereocenters. The lowest BCUT2D eigenvalue weighted by molar-refractivity contribution is -0.293. The van der Waals surface area contributed by atoms with Crippen LogP contribution in [0.1, 0.15) is 6.92 Å². The van der Waals surface area contributed by atoms with Crippen molar-refractivity contribution in [3.05, 3.63) is 12.7 Å². The van der Waals surface area contributed by atoms with E-state index >= 15 is 0 Å². The topological polar surface area (TPSA) is 83.8 Å². The summed E-state index contributed by atoms with van der Waals surface area (Å²) in [5.41, 5.74) is 0. The van der Waals surface area contributed by atoms with Crippen molar-refractivity contribution >= 4 is 11.8 Å². The average molecular weight is 160 g/mol. The molecule has 0 fully saturated rings. The quantitative estimate of drug-likeness (QED) is 0.312. The number of hydrogen-bond donors (Lipinski definition) is 2. The molecular formula is C6H8O5. The zero-order chi connectivity index (χ0) is 9.07. The Bertz CT molecular complexity index is 193. The molecular weight excluding hydrogens is 152 g/mol. The van der Waals surface area contributed by atoms with Gasteiger partial charge in [0.2, 0.25) is 5.78 Å². The maximum absolute atomic E-state index is 10.3. The van der Waals surface area contributed by atoms with Gasteiger partial charge < -0.3 is 14.9 Å². The zero-order valence-corrected chi connectivity index (χ0v) is 5.90. The first-order valence-corrected chi connectivity index (χ1v) is 2.71. The molecule has 0 saturated carbocycles. The highest BCUT2D eigenvalue weighted by Gasteiger charge is 2.33. The monoisotopic (exact) mass is 160 g/mol. The molecule has 0 aliphatic heterocycles. The average Bonchev–Trinajstić information content (AvgIpc) is 1.86. The van der Waals surface area contributed by atoms with Crippen LogP contribution in [0.25, 0.3) is 0 Å². The van der Waals surface area contributed by atoms with Gasteiger partial charge in [0.05, 0.1) is 0 Å².